The van der Waals surface area contributed by atoms with Gasteiger partial charge in [-0.2, -0.15) is 0 Å². The SMILES string of the molecule is COCCN(CCNCc1cc(Cl)cs1)C(=O)OC(C)(C)C. The van der Waals surface area contributed by atoms with Crippen molar-refractivity contribution in [3.63, 3.8) is 0 Å². The number of thiophene rings is 1. The van der Waals surface area contributed by atoms with E-state index in [1.165, 1.54) is 4.88 Å². The molecule has 22 heavy (non-hydrogen) atoms. The number of hydrogen-bond donors (Lipinski definition) is 1. The van der Waals surface area contributed by atoms with Gasteiger partial charge in [0.2, 0.25) is 0 Å². The molecule has 126 valence electrons. The Bertz CT molecular complexity index is 460. The van der Waals surface area contributed by atoms with E-state index < -0.39 is 5.60 Å². The first-order chi connectivity index (χ1) is 10.3. The Kier molecular flexibility index (Phi) is 8.17. The van der Waals surface area contributed by atoms with Crippen molar-refractivity contribution in [2.45, 2.75) is 32.9 Å². The van der Waals surface area contributed by atoms with Gasteiger partial charge < -0.3 is 19.7 Å². The maximum atomic E-state index is 12.1. The number of amides is 1. The summed E-state index contributed by atoms with van der Waals surface area (Å²) in [5, 5.41) is 5.97. The van der Waals surface area contributed by atoms with E-state index in [0.717, 1.165) is 11.6 Å². The second-order valence-corrected chi connectivity index (χ2v) is 7.30. The number of carbonyl (C=O) groups is 1. The summed E-state index contributed by atoms with van der Waals surface area (Å²) in [5.41, 5.74) is -0.496. The van der Waals surface area contributed by atoms with Gasteiger partial charge in [0.15, 0.2) is 0 Å². The lowest BCUT2D eigenvalue weighted by Gasteiger charge is -2.27. The summed E-state index contributed by atoms with van der Waals surface area (Å²) in [7, 11) is 1.62. The standard InChI is InChI=1S/C15H25ClN2O3S/c1-15(2,3)21-14(19)18(7-8-20-4)6-5-17-10-13-9-12(16)11-22-13/h9,11,17H,5-8,10H2,1-4H3. The molecule has 0 saturated heterocycles. The first kappa shape index (κ1) is 19.2. The highest BCUT2D eigenvalue weighted by atomic mass is 35.5. The molecule has 7 heteroatoms. The van der Waals surface area contributed by atoms with Crippen molar-refractivity contribution in [3.8, 4) is 0 Å². The number of carbonyl (C=O) groups excluding carboxylic acids is 1. The summed E-state index contributed by atoms with van der Waals surface area (Å²) in [6, 6.07) is 1.94. The molecule has 0 aliphatic carbocycles. The molecule has 5 nitrogen and oxygen atoms in total. The smallest absolute Gasteiger partial charge is 0.410 e. The molecular weight excluding hydrogens is 324 g/mol. The number of methoxy groups -OCH3 is 1. The summed E-state index contributed by atoms with van der Waals surface area (Å²) >= 11 is 7.50. The predicted molar refractivity (Wildman–Crippen MR) is 90.7 cm³/mol. The molecule has 1 heterocycles. The van der Waals surface area contributed by atoms with Crippen LogP contribution in [0.4, 0.5) is 4.79 Å². The normalized spacial score (nSPS) is 11.5. The van der Waals surface area contributed by atoms with Gasteiger partial charge in [-0.3, -0.25) is 0 Å². The zero-order chi connectivity index (χ0) is 16.6. The minimum Gasteiger partial charge on any atom is -0.444 e. The highest BCUT2D eigenvalue weighted by Crippen LogP contribution is 2.18. The van der Waals surface area contributed by atoms with Gasteiger partial charge in [0, 0.05) is 43.5 Å². The molecule has 0 saturated carbocycles. The van der Waals surface area contributed by atoms with Crippen LogP contribution in [0.1, 0.15) is 25.6 Å². The third kappa shape index (κ3) is 7.98. The molecule has 0 aliphatic heterocycles. The lowest BCUT2D eigenvalue weighted by Crippen LogP contribution is -2.42. The monoisotopic (exact) mass is 348 g/mol. The average Bonchev–Trinajstić information content (AvgIpc) is 2.81. The Hall–Kier alpha value is -0.820. The highest BCUT2D eigenvalue weighted by Gasteiger charge is 2.21. The minimum atomic E-state index is -0.496. The van der Waals surface area contributed by atoms with Gasteiger partial charge in [-0.1, -0.05) is 11.6 Å². The Morgan fingerprint density at radius 2 is 2.14 bits per heavy atom. The van der Waals surface area contributed by atoms with Gasteiger partial charge in [-0.05, 0) is 26.8 Å². The van der Waals surface area contributed by atoms with Gasteiger partial charge in [0.1, 0.15) is 5.60 Å². The van der Waals surface area contributed by atoms with Crippen molar-refractivity contribution in [2.24, 2.45) is 0 Å². The summed E-state index contributed by atoms with van der Waals surface area (Å²) in [6.07, 6.45) is -0.314. The van der Waals surface area contributed by atoms with Crippen LogP contribution >= 0.6 is 22.9 Å². The van der Waals surface area contributed by atoms with Crippen LogP contribution in [0.2, 0.25) is 5.02 Å². The molecule has 0 bridgehead atoms. The van der Waals surface area contributed by atoms with E-state index in [2.05, 4.69) is 5.32 Å². The second-order valence-electron chi connectivity index (χ2n) is 5.87. The first-order valence-corrected chi connectivity index (χ1v) is 8.48. The van der Waals surface area contributed by atoms with Crippen LogP contribution in [0.25, 0.3) is 0 Å². The van der Waals surface area contributed by atoms with Gasteiger partial charge in [-0.15, -0.1) is 11.3 Å². The maximum Gasteiger partial charge on any atom is 0.410 e. The third-order valence-corrected chi connectivity index (χ3v) is 3.98. The Labute approximate surface area is 141 Å². The van der Waals surface area contributed by atoms with E-state index in [0.29, 0.717) is 26.2 Å². The summed E-state index contributed by atoms with van der Waals surface area (Å²) in [6.45, 7) is 8.56. The van der Waals surface area contributed by atoms with Crippen LogP contribution in [0.15, 0.2) is 11.4 Å². The molecule has 0 aliphatic rings. The summed E-state index contributed by atoms with van der Waals surface area (Å²) < 4.78 is 10.5. The van der Waals surface area contributed by atoms with E-state index in [-0.39, 0.29) is 6.09 Å². The zero-order valence-electron chi connectivity index (χ0n) is 13.6. The largest absolute Gasteiger partial charge is 0.444 e. The van der Waals surface area contributed by atoms with E-state index in [9.17, 15) is 4.79 Å². The molecule has 0 atom stereocenters. The Morgan fingerprint density at radius 1 is 1.41 bits per heavy atom. The number of hydrogen-bond acceptors (Lipinski definition) is 5. The summed E-state index contributed by atoms with van der Waals surface area (Å²) in [5.74, 6) is 0. The van der Waals surface area contributed by atoms with E-state index in [1.807, 2.05) is 32.2 Å². The number of ether oxygens (including phenoxy) is 2. The van der Waals surface area contributed by atoms with Gasteiger partial charge in [-0.25, -0.2) is 4.79 Å². The molecule has 0 aromatic carbocycles. The number of nitrogens with one attached hydrogen (secondary N) is 1. The van der Waals surface area contributed by atoms with Gasteiger partial charge >= 0.3 is 6.09 Å². The quantitative estimate of drug-likeness (QED) is 0.732. The van der Waals surface area contributed by atoms with Crippen LogP contribution in [-0.4, -0.2) is 49.9 Å². The van der Waals surface area contributed by atoms with E-state index >= 15 is 0 Å². The second kappa shape index (κ2) is 9.35. The lowest BCUT2D eigenvalue weighted by atomic mass is 10.2. The predicted octanol–water partition coefficient (Wildman–Crippen LogP) is 3.37. The fourth-order valence-corrected chi connectivity index (χ4v) is 2.74. The van der Waals surface area contributed by atoms with Crippen LogP contribution in [0.3, 0.4) is 0 Å². The topological polar surface area (TPSA) is 50.8 Å². The molecule has 1 amide bonds. The molecule has 0 spiro atoms. The maximum absolute atomic E-state index is 12.1. The van der Waals surface area contributed by atoms with Crippen LogP contribution in [0.5, 0.6) is 0 Å². The van der Waals surface area contributed by atoms with Crippen molar-refractivity contribution in [2.75, 3.05) is 33.4 Å². The number of rotatable bonds is 8. The first-order valence-electron chi connectivity index (χ1n) is 7.22. The molecule has 1 N–H and O–H groups in total. The zero-order valence-corrected chi connectivity index (χ0v) is 15.2. The fraction of sp³-hybridized carbons (Fsp3) is 0.667. The third-order valence-electron chi connectivity index (χ3n) is 2.70. The molecule has 0 radical (unpaired) electrons. The van der Waals surface area contributed by atoms with Gasteiger partial charge in [0.05, 0.1) is 11.6 Å². The molecule has 0 unspecified atom stereocenters. The Morgan fingerprint density at radius 3 is 2.68 bits per heavy atom. The lowest BCUT2D eigenvalue weighted by molar-refractivity contribution is 0.0204. The van der Waals surface area contributed by atoms with Crippen molar-refractivity contribution in [1.82, 2.24) is 10.2 Å². The minimum absolute atomic E-state index is 0.314. The van der Waals surface area contributed by atoms with Crippen molar-refractivity contribution < 1.29 is 14.3 Å². The van der Waals surface area contributed by atoms with Crippen LogP contribution in [-0.2, 0) is 16.0 Å². The average molecular weight is 349 g/mol. The van der Waals surface area contributed by atoms with Crippen LogP contribution < -0.4 is 5.32 Å². The van der Waals surface area contributed by atoms with Crippen molar-refractivity contribution >= 4 is 29.0 Å². The fourth-order valence-electron chi connectivity index (χ4n) is 1.69. The molecule has 1 aromatic heterocycles. The molecule has 0 fully saturated rings. The number of nitrogens with zero attached hydrogens (tertiary/aromatic N) is 1. The molecule has 1 aromatic rings. The van der Waals surface area contributed by atoms with Crippen molar-refractivity contribution in [3.05, 3.63) is 21.3 Å². The van der Waals surface area contributed by atoms with Crippen molar-refractivity contribution in [1.29, 1.82) is 0 Å². The van der Waals surface area contributed by atoms with E-state index in [4.69, 9.17) is 21.1 Å². The Balaban J connectivity index is 2.38. The van der Waals surface area contributed by atoms with E-state index in [1.54, 1.807) is 23.3 Å². The van der Waals surface area contributed by atoms with Crippen LogP contribution in [0, 0.1) is 0 Å². The molecule has 1 rings (SSSR count). The summed E-state index contributed by atoms with van der Waals surface area (Å²) in [4.78, 5) is 15.0. The highest BCUT2D eigenvalue weighted by molar-refractivity contribution is 7.10. The van der Waals surface area contributed by atoms with Gasteiger partial charge in [0.25, 0.3) is 0 Å². The number of halogens is 1. The molecular formula is C15H25ClN2O3S.